The van der Waals surface area contributed by atoms with Gasteiger partial charge in [0.25, 0.3) is 0 Å². The summed E-state index contributed by atoms with van der Waals surface area (Å²) in [5.74, 6) is 6.56. The molecule has 6 aliphatic carbocycles. The third-order valence-electron chi connectivity index (χ3n) is 8.63. The van der Waals surface area contributed by atoms with Crippen molar-refractivity contribution in [2.24, 2.45) is 23.7 Å². The Balaban J connectivity index is 1.43. The highest BCUT2D eigenvalue weighted by atomic mass is 16.4. The van der Waals surface area contributed by atoms with Crippen LogP contribution in [0.3, 0.4) is 0 Å². The molecule has 0 aliphatic heterocycles. The van der Waals surface area contributed by atoms with Gasteiger partial charge >= 0.3 is 6.92 Å². The summed E-state index contributed by atoms with van der Waals surface area (Å²) < 4.78 is 7.03. The van der Waals surface area contributed by atoms with Gasteiger partial charge in [0.1, 0.15) is 5.76 Å². The fraction of sp³-hybridized carbons (Fsp3) is 0.680. The van der Waals surface area contributed by atoms with Gasteiger partial charge in [-0.2, -0.15) is 0 Å². The van der Waals surface area contributed by atoms with Gasteiger partial charge in [-0.05, 0) is 48.3 Å². The van der Waals surface area contributed by atoms with Crippen LogP contribution < -0.4 is 0 Å². The van der Waals surface area contributed by atoms with Crippen molar-refractivity contribution in [3.63, 3.8) is 0 Å². The van der Waals surface area contributed by atoms with Crippen molar-refractivity contribution in [2.45, 2.75) is 82.8 Å². The zero-order valence-electron chi connectivity index (χ0n) is 17.0. The minimum absolute atomic E-state index is 0.456. The van der Waals surface area contributed by atoms with Crippen LogP contribution >= 0.6 is 0 Å². The van der Waals surface area contributed by atoms with E-state index in [9.17, 15) is 0 Å². The van der Waals surface area contributed by atoms with Crippen molar-refractivity contribution in [1.82, 2.24) is 0 Å². The molecule has 0 amide bonds. The van der Waals surface area contributed by atoms with Crippen LogP contribution in [0, 0.1) is 23.7 Å². The molecule has 6 fully saturated rings. The molecule has 144 valence electrons. The Morgan fingerprint density at radius 2 is 1.33 bits per heavy atom. The highest BCUT2D eigenvalue weighted by Gasteiger charge is 2.51. The van der Waals surface area contributed by atoms with Crippen LogP contribution in [0.25, 0.3) is 5.76 Å². The lowest BCUT2D eigenvalue weighted by atomic mass is 9.34. The lowest BCUT2D eigenvalue weighted by molar-refractivity contribution is 0.140. The molecule has 1 aromatic carbocycles. The summed E-state index contributed by atoms with van der Waals surface area (Å²) in [6.07, 6.45) is 16.9. The molecule has 0 N–H and O–H groups in total. The maximum absolute atomic E-state index is 7.03. The van der Waals surface area contributed by atoms with E-state index in [1.807, 2.05) is 0 Å². The maximum Gasteiger partial charge on any atom is 0.364 e. The smallest absolute Gasteiger partial charge is 0.364 e. The first-order chi connectivity index (χ1) is 13.3. The van der Waals surface area contributed by atoms with E-state index in [0.29, 0.717) is 6.92 Å². The number of allylic oxidation sites excluding steroid dienone is 1. The second kappa shape index (κ2) is 7.68. The van der Waals surface area contributed by atoms with Crippen LogP contribution in [0.15, 0.2) is 36.4 Å². The maximum atomic E-state index is 7.03. The highest BCUT2D eigenvalue weighted by Crippen LogP contribution is 2.57. The number of fused-ring (bicyclic) bond motifs is 6. The van der Waals surface area contributed by atoms with Crippen molar-refractivity contribution in [3.8, 4) is 0 Å². The Kier molecular flexibility index (Phi) is 5.09. The van der Waals surface area contributed by atoms with Crippen LogP contribution in [0.4, 0.5) is 0 Å². The van der Waals surface area contributed by atoms with E-state index in [2.05, 4.69) is 43.3 Å². The minimum atomic E-state index is 0.456. The molecule has 27 heavy (non-hydrogen) atoms. The lowest BCUT2D eigenvalue weighted by Crippen LogP contribution is -2.45. The number of hydrogen-bond acceptors (Lipinski definition) is 1. The van der Waals surface area contributed by atoms with Crippen LogP contribution in [-0.4, -0.2) is 6.92 Å². The third kappa shape index (κ3) is 3.50. The lowest BCUT2D eigenvalue weighted by Gasteiger charge is -2.50. The molecule has 1 nitrogen and oxygen atoms in total. The molecule has 0 aromatic heterocycles. The van der Waals surface area contributed by atoms with E-state index < -0.39 is 0 Å². The molecular formula is C25H35BO. The fourth-order valence-corrected chi connectivity index (χ4v) is 7.21. The minimum Gasteiger partial charge on any atom is -0.560 e. The fourth-order valence-electron chi connectivity index (χ4n) is 7.21. The van der Waals surface area contributed by atoms with E-state index in [-0.39, 0.29) is 0 Å². The van der Waals surface area contributed by atoms with Crippen LogP contribution in [0.1, 0.15) is 76.7 Å². The third-order valence-corrected chi connectivity index (χ3v) is 8.63. The molecule has 1 aromatic rings. The van der Waals surface area contributed by atoms with E-state index in [0.717, 1.165) is 41.1 Å². The van der Waals surface area contributed by atoms with Crippen molar-refractivity contribution >= 4 is 12.7 Å². The van der Waals surface area contributed by atoms with Gasteiger partial charge in [0.2, 0.25) is 0 Å². The van der Waals surface area contributed by atoms with Crippen molar-refractivity contribution < 1.29 is 4.65 Å². The number of rotatable bonds is 5. The van der Waals surface area contributed by atoms with Gasteiger partial charge in [0.15, 0.2) is 0 Å². The Morgan fingerprint density at radius 1 is 0.815 bits per heavy atom. The first-order valence-corrected chi connectivity index (χ1v) is 11.7. The SMILES string of the molecule is C/C=C(\OB(C1CC2CCC1CC2)C1CC2CCC1CC2)c1ccccc1. The monoisotopic (exact) mass is 362 g/mol. The highest BCUT2D eigenvalue weighted by molar-refractivity contribution is 6.56. The summed E-state index contributed by atoms with van der Waals surface area (Å²) in [5, 5.41) is 0. The molecule has 2 atom stereocenters. The first-order valence-electron chi connectivity index (χ1n) is 11.7. The van der Waals surface area contributed by atoms with Gasteiger partial charge in [-0.25, -0.2) is 0 Å². The molecule has 0 heterocycles. The molecule has 2 unspecified atom stereocenters. The average molecular weight is 362 g/mol. The molecule has 6 saturated carbocycles. The molecule has 7 rings (SSSR count). The normalized spacial score (nSPS) is 38.0. The topological polar surface area (TPSA) is 9.23 Å². The molecular weight excluding hydrogens is 327 g/mol. The predicted octanol–water partition coefficient (Wildman–Crippen LogP) is 7.22. The van der Waals surface area contributed by atoms with E-state index in [1.54, 1.807) is 0 Å². The Bertz CT molecular complexity index is 622. The molecule has 0 radical (unpaired) electrons. The van der Waals surface area contributed by atoms with Crippen LogP contribution in [-0.2, 0) is 4.65 Å². The Labute approximate surface area is 166 Å². The number of hydrogen-bond donors (Lipinski definition) is 0. The average Bonchev–Trinajstić information content (AvgIpc) is 2.77. The predicted molar refractivity (Wildman–Crippen MR) is 115 cm³/mol. The Morgan fingerprint density at radius 3 is 1.74 bits per heavy atom. The van der Waals surface area contributed by atoms with Crippen LogP contribution in [0.5, 0.6) is 0 Å². The Hall–Kier alpha value is -1.18. The van der Waals surface area contributed by atoms with Crippen molar-refractivity contribution in [3.05, 3.63) is 42.0 Å². The zero-order chi connectivity index (χ0) is 18.2. The van der Waals surface area contributed by atoms with Crippen molar-refractivity contribution in [2.75, 3.05) is 0 Å². The van der Waals surface area contributed by atoms with Crippen LogP contribution in [0.2, 0.25) is 11.6 Å². The number of benzene rings is 1. The summed E-state index contributed by atoms with van der Waals surface area (Å²) in [7, 11) is 0. The molecule has 2 heteroatoms. The molecule has 0 spiro atoms. The van der Waals surface area contributed by atoms with E-state index in [1.165, 1.54) is 69.8 Å². The molecule has 0 saturated heterocycles. The summed E-state index contributed by atoms with van der Waals surface area (Å²) in [6.45, 7) is 2.61. The van der Waals surface area contributed by atoms with Crippen molar-refractivity contribution in [1.29, 1.82) is 0 Å². The second-order valence-electron chi connectivity index (χ2n) is 9.96. The van der Waals surface area contributed by atoms with Gasteiger partial charge in [-0.1, -0.05) is 94.5 Å². The van der Waals surface area contributed by atoms with Gasteiger partial charge in [-0.15, -0.1) is 0 Å². The van der Waals surface area contributed by atoms with E-state index in [4.69, 9.17) is 4.65 Å². The molecule has 4 bridgehead atoms. The standard InChI is InChI=1S/C25H35BO/c1-2-25(22-6-4-3-5-7-22)27-26(23-16-18-8-12-20(23)13-9-18)24-17-19-10-14-21(24)15-11-19/h2-7,18-21,23-24H,8-17H2,1H3/b25-2-. The summed E-state index contributed by atoms with van der Waals surface area (Å²) in [4.78, 5) is 0. The van der Waals surface area contributed by atoms with Gasteiger partial charge in [-0.3, -0.25) is 0 Å². The summed E-state index contributed by atoms with van der Waals surface area (Å²) in [5.41, 5.74) is 1.26. The van der Waals surface area contributed by atoms with Gasteiger partial charge < -0.3 is 4.65 Å². The summed E-state index contributed by atoms with van der Waals surface area (Å²) in [6, 6.07) is 10.8. The summed E-state index contributed by atoms with van der Waals surface area (Å²) >= 11 is 0. The first kappa shape index (κ1) is 17.9. The quantitative estimate of drug-likeness (QED) is 0.397. The zero-order valence-corrected chi connectivity index (χ0v) is 17.0. The molecule has 6 aliphatic rings. The van der Waals surface area contributed by atoms with E-state index >= 15 is 0 Å². The second-order valence-corrected chi connectivity index (χ2v) is 9.96. The van der Waals surface area contributed by atoms with Gasteiger partial charge in [0, 0.05) is 5.56 Å². The largest absolute Gasteiger partial charge is 0.560 e. The van der Waals surface area contributed by atoms with Gasteiger partial charge in [0.05, 0.1) is 0 Å².